The molecule has 0 aromatic rings. The van der Waals surface area contributed by atoms with Crippen molar-refractivity contribution < 1.29 is 19.4 Å². The minimum absolute atomic E-state index is 0.0449. The summed E-state index contributed by atoms with van der Waals surface area (Å²) in [5.41, 5.74) is 0.424. The third kappa shape index (κ3) is 2.87. The van der Waals surface area contributed by atoms with Gasteiger partial charge >= 0.3 is 5.97 Å². The maximum atomic E-state index is 11.9. The standard InChI is InChI=1S/C25H40O4/c1-13-10-17(27)11-16-6-7-18-20(25(13,16)5)8-9-24(4)21(29-15(3)26)12-19(22(18)24)23-14(2)28-23/h13-14,16-23,27H,6-12H2,1-5H3/t13-,14?,16-,17+,18+,19-,20-,21-,22+,23?,24+,25-/m0/s1. The van der Waals surface area contributed by atoms with Crippen LogP contribution in [0, 0.1) is 46.3 Å². The molecule has 2 unspecified atom stereocenters. The van der Waals surface area contributed by atoms with E-state index in [4.69, 9.17) is 9.47 Å². The summed E-state index contributed by atoms with van der Waals surface area (Å²) in [7, 11) is 0. The third-order valence-corrected chi connectivity index (χ3v) is 10.7. The predicted molar refractivity (Wildman–Crippen MR) is 111 cm³/mol. The molecule has 5 rings (SSSR count). The molecular weight excluding hydrogens is 364 g/mol. The van der Waals surface area contributed by atoms with Crippen molar-refractivity contribution >= 4 is 5.97 Å². The SMILES string of the molecule is CC(=O)O[C@H]1C[C@H](C2OC2C)[C@H]2[C@@H]3CC[C@H]4C[C@H](O)C[C@H](C)[C@]4(C)[C@H]3CC[C@@]21C. The van der Waals surface area contributed by atoms with E-state index < -0.39 is 0 Å². The lowest BCUT2D eigenvalue weighted by Crippen LogP contribution is -2.58. The number of hydrogen-bond donors (Lipinski definition) is 1. The first-order chi connectivity index (χ1) is 13.7. The van der Waals surface area contributed by atoms with Crippen molar-refractivity contribution in [3.63, 3.8) is 0 Å². The maximum Gasteiger partial charge on any atom is 0.302 e. The van der Waals surface area contributed by atoms with Crippen LogP contribution in [-0.4, -0.2) is 35.5 Å². The minimum Gasteiger partial charge on any atom is -0.462 e. The molecule has 29 heavy (non-hydrogen) atoms. The largest absolute Gasteiger partial charge is 0.462 e. The zero-order chi connectivity index (χ0) is 20.7. The van der Waals surface area contributed by atoms with Gasteiger partial charge in [0.15, 0.2) is 0 Å². The van der Waals surface area contributed by atoms with Gasteiger partial charge in [-0.15, -0.1) is 0 Å². The maximum absolute atomic E-state index is 11.9. The fourth-order valence-corrected chi connectivity index (χ4v) is 9.19. The first kappa shape index (κ1) is 20.3. The summed E-state index contributed by atoms with van der Waals surface area (Å²) in [6.45, 7) is 11.1. The van der Waals surface area contributed by atoms with E-state index in [0.29, 0.717) is 47.2 Å². The predicted octanol–water partition coefficient (Wildman–Crippen LogP) is 4.58. The molecule has 1 saturated heterocycles. The van der Waals surface area contributed by atoms with Crippen molar-refractivity contribution in [3.05, 3.63) is 0 Å². The van der Waals surface area contributed by atoms with Crippen LogP contribution in [0.4, 0.5) is 0 Å². The molecular formula is C25H40O4. The molecule has 12 atom stereocenters. The second-order valence-electron chi connectivity index (χ2n) is 11.8. The van der Waals surface area contributed by atoms with Gasteiger partial charge in [-0.25, -0.2) is 0 Å². The molecule has 1 heterocycles. The minimum atomic E-state index is -0.131. The van der Waals surface area contributed by atoms with Crippen molar-refractivity contribution in [1.29, 1.82) is 0 Å². The lowest BCUT2D eigenvalue weighted by Gasteiger charge is -2.63. The van der Waals surface area contributed by atoms with E-state index in [1.54, 1.807) is 6.92 Å². The van der Waals surface area contributed by atoms with Gasteiger partial charge in [-0.1, -0.05) is 20.8 Å². The molecule has 0 radical (unpaired) electrons. The van der Waals surface area contributed by atoms with E-state index >= 15 is 0 Å². The molecule has 4 nitrogen and oxygen atoms in total. The molecule has 5 aliphatic rings. The van der Waals surface area contributed by atoms with Gasteiger partial charge in [0.25, 0.3) is 0 Å². The number of carbonyl (C=O) groups is 1. The summed E-state index contributed by atoms with van der Waals surface area (Å²) in [4.78, 5) is 11.9. The molecule has 0 aromatic carbocycles. The van der Waals surface area contributed by atoms with Crippen LogP contribution < -0.4 is 0 Å². The normalized spacial score (nSPS) is 58.7. The summed E-state index contributed by atoms with van der Waals surface area (Å²) in [6.07, 6.45) is 8.51. The van der Waals surface area contributed by atoms with Gasteiger partial charge < -0.3 is 14.6 Å². The molecule has 0 amide bonds. The zero-order valence-corrected chi connectivity index (χ0v) is 18.9. The Hall–Kier alpha value is -0.610. The first-order valence-electron chi connectivity index (χ1n) is 12.2. The number of fused-ring (bicyclic) bond motifs is 5. The summed E-state index contributed by atoms with van der Waals surface area (Å²) >= 11 is 0. The highest BCUT2D eigenvalue weighted by Crippen LogP contribution is 2.69. The molecule has 0 spiro atoms. The number of ether oxygens (including phenoxy) is 2. The topological polar surface area (TPSA) is 59.1 Å². The van der Waals surface area contributed by atoms with Crippen molar-refractivity contribution in [2.75, 3.05) is 0 Å². The molecule has 1 N–H and O–H groups in total. The second-order valence-corrected chi connectivity index (χ2v) is 11.8. The van der Waals surface area contributed by atoms with E-state index in [9.17, 15) is 9.90 Å². The Bertz CT molecular complexity index is 678. The van der Waals surface area contributed by atoms with Gasteiger partial charge in [-0.3, -0.25) is 4.79 Å². The Balaban J connectivity index is 1.49. The van der Waals surface area contributed by atoms with Crippen LogP contribution in [-0.2, 0) is 14.3 Å². The number of aliphatic hydroxyl groups is 1. The van der Waals surface area contributed by atoms with E-state index in [1.165, 1.54) is 19.3 Å². The molecule has 4 aliphatic carbocycles. The molecule has 4 saturated carbocycles. The number of aliphatic hydroxyl groups excluding tert-OH is 1. The van der Waals surface area contributed by atoms with E-state index in [1.807, 2.05) is 0 Å². The quantitative estimate of drug-likeness (QED) is 0.540. The molecule has 5 fully saturated rings. The Morgan fingerprint density at radius 2 is 1.79 bits per heavy atom. The van der Waals surface area contributed by atoms with Crippen molar-refractivity contribution in [1.82, 2.24) is 0 Å². The molecule has 1 aliphatic heterocycles. The molecule has 0 bridgehead atoms. The summed E-state index contributed by atoms with van der Waals surface area (Å²) in [6, 6.07) is 0. The van der Waals surface area contributed by atoms with Gasteiger partial charge in [0.05, 0.1) is 18.3 Å². The van der Waals surface area contributed by atoms with Gasteiger partial charge in [-0.2, -0.15) is 0 Å². The van der Waals surface area contributed by atoms with E-state index in [2.05, 4.69) is 27.7 Å². The third-order valence-electron chi connectivity index (χ3n) is 10.7. The highest BCUT2D eigenvalue weighted by atomic mass is 16.6. The lowest BCUT2D eigenvalue weighted by atomic mass is 9.42. The number of epoxide rings is 1. The van der Waals surface area contributed by atoms with Crippen molar-refractivity contribution in [3.8, 4) is 0 Å². The van der Waals surface area contributed by atoms with Crippen LogP contribution in [0.2, 0.25) is 0 Å². The highest BCUT2D eigenvalue weighted by molar-refractivity contribution is 5.66. The van der Waals surface area contributed by atoms with Crippen LogP contribution in [0.25, 0.3) is 0 Å². The van der Waals surface area contributed by atoms with Gasteiger partial charge in [-0.05, 0) is 92.8 Å². The zero-order valence-electron chi connectivity index (χ0n) is 18.9. The van der Waals surface area contributed by atoms with Crippen LogP contribution in [0.15, 0.2) is 0 Å². The molecule has 4 heteroatoms. The fourth-order valence-electron chi connectivity index (χ4n) is 9.19. The fraction of sp³-hybridized carbons (Fsp3) is 0.960. The smallest absolute Gasteiger partial charge is 0.302 e. The summed E-state index contributed by atoms with van der Waals surface area (Å²) in [5, 5.41) is 10.4. The summed E-state index contributed by atoms with van der Waals surface area (Å²) in [5.74, 6) is 3.66. The van der Waals surface area contributed by atoms with E-state index in [0.717, 1.165) is 31.6 Å². The van der Waals surface area contributed by atoms with E-state index in [-0.39, 0.29) is 23.6 Å². The number of esters is 1. The summed E-state index contributed by atoms with van der Waals surface area (Å²) < 4.78 is 12.0. The first-order valence-corrected chi connectivity index (χ1v) is 12.2. The van der Waals surface area contributed by atoms with Crippen molar-refractivity contribution in [2.24, 2.45) is 46.3 Å². The Labute approximate surface area is 176 Å². The Morgan fingerprint density at radius 3 is 2.45 bits per heavy atom. The number of rotatable bonds is 2. The monoisotopic (exact) mass is 404 g/mol. The average Bonchev–Trinajstić information content (AvgIpc) is 3.29. The number of hydrogen-bond acceptors (Lipinski definition) is 4. The Kier molecular flexibility index (Phi) is 4.68. The Morgan fingerprint density at radius 1 is 1.07 bits per heavy atom. The van der Waals surface area contributed by atoms with Crippen LogP contribution >= 0.6 is 0 Å². The van der Waals surface area contributed by atoms with Crippen LogP contribution in [0.3, 0.4) is 0 Å². The van der Waals surface area contributed by atoms with Gasteiger partial charge in [0, 0.05) is 12.3 Å². The van der Waals surface area contributed by atoms with Gasteiger partial charge in [0.2, 0.25) is 0 Å². The van der Waals surface area contributed by atoms with Gasteiger partial charge in [0.1, 0.15) is 6.10 Å². The van der Waals surface area contributed by atoms with Crippen molar-refractivity contribution in [2.45, 2.75) is 104 Å². The highest BCUT2D eigenvalue weighted by Gasteiger charge is 2.67. The average molecular weight is 405 g/mol. The van der Waals surface area contributed by atoms with Crippen LogP contribution in [0.5, 0.6) is 0 Å². The lowest BCUT2D eigenvalue weighted by molar-refractivity contribution is -0.173. The molecule has 164 valence electrons. The second kappa shape index (κ2) is 6.69. The number of carbonyl (C=O) groups excluding carboxylic acids is 1. The van der Waals surface area contributed by atoms with Crippen LogP contribution in [0.1, 0.15) is 79.6 Å². The molecule has 0 aromatic heterocycles.